The molecule has 6 heteroatoms. The zero-order valence-corrected chi connectivity index (χ0v) is 8.17. The lowest BCUT2D eigenvalue weighted by atomic mass is 10.5. The van der Waals surface area contributed by atoms with E-state index in [2.05, 4.69) is 11.2 Å². The van der Waals surface area contributed by atoms with E-state index >= 15 is 0 Å². The van der Waals surface area contributed by atoms with Gasteiger partial charge in [-0.2, -0.15) is 0 Å². The highest BCUT2D eigenvalue weighted by Gasteiger charge is 1.87. The lowest BCUT2D eigenvalue weighted by molar-refractivity contribution is -0.118. The number of methoxy groups -OCH3 is 2. The summed E-state index contributed by atoms with van der Waals surface area (Å²) in [7, 11) is 3.26. The molecule has 2 N–H and O–H groups in total. The second kappa shape index (κ2) is 11.8. The maximum atomic E-state index is 4.91. The van der Waals surface area contributed by atoms with Crippen LogP contribution in [0.25, 0.3) is 0 Å². The van der Waals surface area contributed by atoms with Crippen LogP contribution in [0.2, 0.25) is 0 Å². The Morgan fingerprint density at radius 3 is 2.00 bits per heavy atom. The van der Waals surface area contributed by atoms with Gasteiger partial charge in [-0.3, -0.25) is 9.68 Å². The van der Waals surface area contributed by atoms with Crippen molar-refractivity contribution in [2.45, 2.75) is 6.42 Å². The quantitative estimate of drug-likeness (QED) is 0.365. The highest BCUT2D eigenvalue weighted by molar-refractivity contribution is 4.28. The van der Waals surface area contributed by atoms with Crippen molar-refractivity contribution in [3.05, 3.63) is 0 Å². The van der Waals surface area contributed by atoms with Crippen LogP contribution in [0, 0.1) is 0 Å². The average Bonchev–Trinajstić information content (AvgIpc) is 2.16. The first-order valence-electron chi connectivity index (χ1n) is 4.13. The lowest BCUT2D eigenvalue weighted by Gasteiger charge is -2.06. The highest BCUT2D eigenvalue weighted by Crippen LogP contribution is 1.78. The Hall–Kier alpha value is -0.240. The molecule has 0 atom stereocenters. The van der Waals surface area contributed by atoms with Crippen molar-refractivity contribution in [3.63, 3.8) is 0 Å². The molecule has 0 aromatic carbocycles. The van der Waals surface area contributed by atoms with E-state index in [9.17, 15) is 0 Å². The number of rotatable bonds is 10. The molecule has 0 saturated heterocycles. The first-order valence-corrected chi connectivity index (χ1v) is 4.13. The van der Waals surface area contributed by atoms with Gasteiger partial charge in [-0.1, -0.05) is 0 Å². The summed E-state index contributed by atoms with van der Waals surface area (Å²) in [6.45, 7) is 2.25. The monoisotopic (exact) mass is 194 g/mol. The van der Waals surface area contributed by atoms with Gasteiger partial charge in [-0.15, -0.1) is 11.2 Å². The summed E-state index contributed by atoms with van der Waals surface area (Å²) in [6.07, 6.45) is 0.837. The number of ether oxygens (including phenoxy) is 2. The number of nitrogens with one attached hydrogen (secondary N) is 2. The van der Waals surface area contributed by atoms with Crippen LogP contribution in [0.3, 0.4) is 0 Å². The molecule has 0 radical (unpaired) electrons. The van der Waals surface area contributed by atoms with E-state index in [0.29, 0.717) is 26.4 Å². The minimum absolute atomic E-state index is 0.463. The van der Waals surface area contributed by atoms with Crippen molar-refractivity contribution in [3.8, 4) is 0 Å². The molecule has 0 unspecified atom stereocenters. The van der Waals surface area contributed by atoms with E-state index in [0.717, 1.165) is 6.42 Å². The Balaban J connectivity index is 2.76. The van der Waals surface area contributed by atoms with E-state index in [1.54, 1.807) is 14.2 Å². The van der Waals surface area contributed by atoms with Gasteiger partial charge in [0.05, 0.1) is 19.8 Å². The first kappa shape index (κ1) is 12.8. The average molecular weight is 194 g/mol. The Morgan fingerprint density at radius 1 is 0.769 bits per heavy atom. The molecule has 13 heavy (non-hydrogen) atoms. The predicted molar refractivity (Wildman–Crippen MR) is 46.5 cm³/mol. The number of hydrazine groups is 1. The van der Waals surface area contributed by atoms with E-state index in [1.807, 2.05) is 0 Å². The third-order valence-corrected chi connectivity index (χ3v) is 1.17. The van der Waals surface area contributed by atoms with Gasteiger partial charge in [0, 0.05) is 20.8 Å². The summed E-state index contributed by atoms with van der Waals surface area (Å²) in [6, 6.07) is 0. The van der Waals surface area contributed by atoms with E-state index in [4.69, 9.17) is 19.1 Å². The van der Waals surface area contributed by atoms with Gasteiger partial charge in [0.1, 0.15) is 0 Å². The SMILES string of the molecule is COCCCONNOCCOC. The Bertz CT molecular complexity index is 84.6. The molecule has 0 heterocycles. The van der Waals surface area contributed by atoms with Crippen molar-refractivity contribution in [2.75, 3.05) is 40.6 Å². The molecule has 0 fully saturated rings. The van der Waals surface area contributed by atoms with Crippen LogP contribution in [0.1, 0.15) is 6.42 Å². The molecule has 0 saturated carbocycles. The van der Waals surface area contributed by atoms with E-state index in [1.165, 1.54) is 0 Å². The predicted octanol–water partition coefficient (Wildman–Crippen LogP) is -0.373. The zero-order chi connectivity index (χ0) is 9.78. The van der Waals surface area contributed by atoms with Crippen molar-refractivity contribution in [1.82, 2.24) is 11.2 Å². The highest BCUT2D eigenvalue weighted by atomic mass is 16.8. The zero-order valence-electron chi connectivity index (χ0n) is 8.17. The number of hydrogen-bond acceptors (Lipinski definition) is 6. The van der Waals surface area contributed by atoms with Gasteiger partial charge in [0.15, 0.2) is 0 Å². The Labute approximate surface area is 78.4 Å². The molecule has 0 spiro atoms. The minimum Gasteiger partial charge on any atom is -0.385 e. The smallest absolute Gasteiger partial charge is 0.0933 e. The van der Waals surface area contributed by atoms with Crippen LogP contribution in [-0.4, -0.2) is 40.6 Å². The molecule has 0 aromatic rings. The summed E-state index contributed by atoms with van der Waals surface area (Å²) >= 11 is 0. The Kier molecular flexibility index (Phi) is 11.5. The maximum Gasteiger partial charge on any atom is 0.0933 e. The van der Waals surface area contributed by atoms with Crippen LogP contribution in [0.5, 0.6) is 0 Å². The van der Waals surface area contributed by atoms with Gasteiger partial charge >= 0.3 is 0 Å². The lowest BCUT2D eigenvalue weighted by Crippen LogP contribution is -2.33. The molecular formula is C7H18N2O4. The van der Waals surface area contributed by atoms with Crippen molar-refractivity contribution in [1.29, 1.82) is 0 Å². The maximum absolute atomic E-state index is 4.91. The van der Waals surface area contributed by atoms with E-state index < -0.39 is 0 Å². The Morgan fingerprint density at radius 2 is 1.38 bits per heavy atom. The van der Waals surface area contributed by atoms with Crippen LogP contribution in [0.4, 0.5) is 0 Å². The minimum atomic E-state index is 0.463. The van der Waals surface area contributed by atoms with Gasteiger partial charge < -0.3 is 9.47 Å². The first-order chi connectivity index (χ1) is 6.41. The molecular weight excluding hydrogens is 176 g/mol. The van der Waals surface area contributed by atoms with Gasteiger partial charge in [0.25, 0.3) is 0 Å². The fourth-order valence-corrected chi connectivity index (χ4v) is 0.561. The molecule has 0 aromatic heterocycles. The van der Waals surface area contributed by atoms with Crippen molar-refractivity contribution >= 4 is 0 Å². The summed E-state index contributed by atoms with van der Waals surface area (Å²) in [4.78, 5) is 9.75. The molecule has 0 rings (SSSR count). The summed E-state index contributed by atoms with van der Waals surface area (Å²) in [5, 5.41) is 0. The largest absolute Gasteiger partial charge is 0.385 e. The van der Waals surface area contributed by atoms with Gasteiger partial charge in [-0.05, 0) is 6.42 Å². The molecule has 80 valence electrons. The summed E-state index contributed by atoms with van der Waals surface area (Å²) in [5.74, 6) is 0. The topological polar surface area (TPSA) is 61.0 Å². The summed E-state index contributed by atoms with van der Waals surface area (Å²) < 4.78 is 9.58. The van der Waals surface area contributed by atoms with Gasteiger partial charge in [-0.25, -0.2) is 0 Å². The molecule has 0 aliphatic rings. The van der Waals surface area contributed by atoms with Crippen LogP contribution in [0.15, 0.2) is 0 Å². The standard InChI is InChI=1S/C7H18N2O4/c1-10-4-3-5-12-8-9-13-7-6-11-2/h8-9H,3-7H2,1-2H3. The molecule has 6 nitrogen and oxygen atoms in total. The normalized spacial score (nSPS) is 10.6. The fourth-order valence-electron chi connectivity index (χ4n) is 0.561. The van der Waals surface area contributed by atoms with Crippen molar-refractivity contribution in [2.24, 2.45) is 0 Å². The second-order valence-electron chi connectivity index (χ2n) is 2.24. The second-order valence-corrected chi connectivity index (χ2v) is 2.24. The van der Waals surface area contributed by atoms with Crippen molar-refractivity contribution < 1.29 is 19.1 Å². The summed E-state index contributed by atoms with van der Waals surface area (Å²) in [5.41, 5.74) is 4.82. The molecule has 0 bridgehead atoms. The van der Waals surface area contributed by atoms with E-state index in [-0.39, 0.29) is 0 Å². The van der Waals surface area contributed by atoms with Gasteiger partial charge in [0.2, 0.25) is 0 Å². The number of hydrogen-bond donors (Lipinski definition) is 2. The third kappa shape index (κ3) is 11.8. The fraction of sp³-hybridized carbons (Fsp3) is 1.00. The van der Waals surface area contributed by atoms with Crippen LogP contribution in [-0.2, 0) is 19.1 Å². The van der Waals surface area contributed by atoms with Crippen LogP contribution < -0.4 is 11.2 Å². The molecule has 0 aliphatic heterocycles. The molecule has 0 amide bonds. The molecule has 0 aliphatic carbocycles. The van der Waals surface area contributed by atoms with Crippen LogP contribution >= 0.6 is 0 Å². The third-order valence-electron chi connectivity index (χ3n) is 1.17.